The highest BCUT2D eigenvalue weighted by Crippen LogP contribution is 2.31. The molecule has 0 amide bonds. The van der Waals surface area contributed by atoms with Crippen LogP contribution in [0.1, 0.15) is 30.0 Å². The summed E-state index contributed by atoms with van der Waals surface area (Å²) in [4.78, 5) is 2.39. The van der Waals surface area contributed by atoms with E-state index in [0.717, 1.165) is 24.2 Å². The fourth-order valence-corrected chi connectivity index (χ4v) is 3.27. The van der Waals surface area contributed by atoms with Gasteiger partial charge in [-0.25, -0.2) is 0 Å². The minimum Gasteiger partial charge on any atom is -0.286 e. The lowest BCUT2D eigenvalue weighted by atomic mass is 10.1. The van der Waals surface area contributed by atoms with Gasteiger partial charge in [0.15, 0.2) is 0 Å². The van der Waals surface area contributed by atoms with Crippen molar-refractivity contribution in [3.05, 3.63) is 69.7 Å². The van der Waals surface area contributed by atoms with E-state index in [2.05, 4.69) is 16.7 Å². The zero-order valence-corrected chi connectivity index (χ0v) is 13.7. The van der Waals surface area contributed by atoms with E-state index in [-0.39, 0.29) is 6.04 Å². The van der Waals surface area contributed by atoms with Gasteiger partial charge in [0.25, 0.3) is 0 Å². The number of nitrogens with zero attached hydrogens (tertiary/aromatic N) is 1. The summed E-state index contributed by atoms with van der Waals surface area (Å²) in [6, 6.07) is 15.8. The molecule has 1 nitrogen and oxygen atoms in total. The average molecular weight is 330 g/mol. The van der Waals surface area contributed by atoms with Gasteiger partial charge in [0, 0.05) is 21.2 Å². The van der Waals surface area contributed by atoms with Crippen molar-refractivity contribution in [2.75, 3.05) is 13.1 Å². The highest BCUT2D eigenvalue weighted by Gasteiger charge is 2.23. The van der Waals surface area contributed by atoms with Crippen molar-refractivity contribution < 1.29 is 0 Å². The average Bonchev–Trinajstić information content (AvgIpc) is 3.04. The van der Waals surface area contributed by atoms with Gasteiger partial charge in [-0.1, -0.05) is 59.3 Å². The molecule has 0 N–H and O–H groups in total. The van der Waals surface area contributed by atoms with Crippen LogP contribution in [0.2, 0.25) is 10.0 Å². The SMILES string of the molecule is Clc1ccc(C(C#Cc2ccccc2)N2CCCC2)c(Cl)c1. The Kier molecular flexibility index (Phi) is 5.05. The number of hydrogen-bond acceptors (Lipinski definition) is 1. The molecule has 0 radical (unpaired) electrons. The summed E-state index contributed by atoms with van der Waals surface area (Å²) in [5.41, 5.74) is 2.06. The van der Waals surface area contributed by atoms with Gasteiger partial charge < -0.3 is 0 Å². The van der Waals surface area contributed by atoms with Crippen molar-refractivity contribution in [1.29, 1.82) is 0 Å². The first-order valence-corrected chi connectivity index (χ1v) is 8.25. The molecule has 1 fully saturated rings. The van der Waals surface area contributed by atoms with Crippen LogP contribution in [0.15, 0.2) is 48.5 Å². The third-order valence-corrected chi connectivity index (χ3v) is 4.45. The Morgan fingerprint density at radius 1 is 0.955 bits per heavy atom. The Balaban J connectivity index is 1.95. The van der Waals surface area contributed by atoms with Crippen molar-refractivity contribution >= 4 is 23.2 Å². The smallest absolute Gasteiger partial charge is 0.0989 e. The van der Waals surface area contributed by atoms with Crippen LogP contribution in [0.4, 0.5) is 0 Å². The van der Waals surface area contributed by atoms with Crippen LogP contribution in [0.5, 0.6) is 0 Å². The molecule has 0 aliphatic carbocycles. The largest absolute Gasteiger partial charge is 0.286 e. The van der Waals surface area contributed by atoms with Crippen LogP contribution in [0.3, 0.4) is 0 Å². The van der Waals surface area contributed by atoms with Crippen molar-refractivity contribution in [1.82, 2.24) is 4.90 Å². The summed E-state index contributed by atoms with van der Waals surface area (Å²) in [5, 5.41) is 1.34. The van der Waals surface area contributed by atoms with Crippen LogP contribution in [0.25, 0.3) is 0 Å². The molecule has 1 atom stereocenters. The second kappa shape index (κ2) is 7.20. The normalized spacial score (nSPS) is 16.1. The minimum absolute atomic E-state index is 0.0208. The summed E-state index contributed by atoms with van der Waals surface area (Å²) in [5.74, 6) is 6.68. The molecule has 1 heterocycles. The van der Waals surface area contributed by atoms with Gasteiger partial charge in [-0.2, -0.15) is 0 Å². The van der Waals surface area contributed by atoms with Gasteiger partial charge in [0.1, 0.15) is 0 Å². The van der Waals surface area contributed by atoms with E-state index < -0.39 is 0 Å². The predicted molar refractivity (Wildman–Crippen MR) is 93.3 cm³/mol. The number of likely N-dealkylation sites (tertiary alicyclic amines) is 1. The van der Waals surface area contributed by atoms with Crippen molar-refractivity contribution in [2.45, 2.75) is 18.9 Å². The summed E-state index contributed by atoms with van der Waals surface area (Å²) >= 11 is 12.4. The summed E-state index contributed by atoms with van der Waals surface area (Å²) in [6.45, 7) is 2.13. The van der Waals surface area contributed by atoms with Crippen LogP contribution in [-0.4, -0.2) is 18.0 Å². The Hall–Kier alpha value is -1.46. The fourth-order valence-electron chi connectivity index (χ4n) is 2.76. The van der Waals surface area contributed by atoms with Crippen molar-refractivity contribution in [3.63, 3.8) is 0 Å². The summed E-state index contributed by atoms with van der Waals surface area (Å²) in [6.07, 6.45) is 2.43. The quantitative estimate of drug-likeness (QED) is 0.686. The van der Waals surface area contributed by atoms with E-state index in [1.807, 2.05) is 42.5 Å². The lowest BCUT2D eigenvalue weighted by Crippen LogP contribution is -2.24. The molecule has 1 saturated heterocycles. The molecule has 2 aromatic rings. The standard InChI is InChI=1S/C19H17Cl2N/c20-16-9-10-17(18(21)14-16)19(22-12-4-5-13-22)11-8-15-6-2-1-3-7-15/h1-3,6-7,9-10,14,19H,4-5,12-13H2. The fraction of sp³-hybridized carbons (Fsp3) is 0.263. The number of benzene rings is 2. The van der Waals surface area contributed by atoms with E-state index >= 15 is 0 Å². The predicted octanol–water partition coefficient (Wildman–Crippen LogP) is 5.18. The van der Waals surface area contributed by atoms with Gasteiger partial charge in [0.2, 0.25) is 0 Å². The number of hydrogen-bond donors (Lipinski definition) is 0. The van der Waals surface area contributed by atoms with Gasteiger partial charge in [-0.15, -0.1) is 0 Å². The molecule has 3 heteroatoms. The Bertz CT molecular complexity index is 694. The maximum absolute atomic E-state index is 6.41. The zero-order chi connectivity index (χ0) is 15.4. The second-order valence-corrected chi connectivity index (χ2v) is 6.29. The van der Waals surface area contributed by atoms with E-state index in [4.69, 9.17) is 23.2 Å². The highest BCUT2D eigenvalue weighted by molar-refractivity contribution is 6.35. The van der Waals surface area contributed by atoms with Gasteiger partial charge >= 0.3 is 0 Å². The van der Waals surface area contributed by atoms with E-state index in [1.165, 1.54) is 12.8 Å². The van der Waals surface area contributed by atoms with Crippen LogP contribution in [-0.2, 0) is 0 Å². The lowest BCUT2D eigenvalue weighted by molar-refractivity contribution is 0.296. The first-order chi connectivity index (χ1) is 10.7. The monoisotopic (exact) mass is 329 g/mol. The second-order valence-electron chi connectivity index (χ2n) is 5.45. The molecule has 1 unspecified atom stereocenters. The molecule has 2 aromatic carbocycles. The summed E-state index contributed by atoms with van der Waals surface area (Å²) < 4.78 is 0. The van der Waals surface area contributed by atoms with Crippen LogP contribution >= 0.6 is 23.2 Å². The van der Waals surface area contributed by atoms with E-state index in [0.29, 0.717) is 10.0 Å². The molecule has 0 bridgehead atoms. The first kappa shape index (κ1) is 15.4. The van der Waals surface area contributed by atoms with Crippen molar-refractivity contribution in [2.24, 2.45) is 0 Å². The summed E-state index contributed by atoms with van der Waals surface area (Å²) in [7, 11) is 0. The topological polar surface area (TPSA) is 3.24 Å². The molecule has 1 aliphatic rings. The van der Waals surface area contributed by atoms with Gasteiger partial charge in [-0.05, 0) is 50.2 Å². The highest BCUT2D eigenvalue weighted by atomic mass is 35.5. The molecule has 0 aromatic heterocycles. The third-order valence-electron chi connectivity index (χ3n) is 3.89. The number of rotatable bonds is 2. The minimum atomic E-state index is 0.0208. The van der Waals surface area contributed by atoms with Gasteiger partial charge in [-0.3, -0.25) is 4.90 Å². The Morgan fingerprint density at radius 2 is 1.68 bits per heavy atom. The molecule has 0 saturated carbocycles. The van der Waals surface area contributed by atoms with E-state index in [1.54, 1.807) is 6.07 Å². The molecule has 112 valence electrons. The Morgan fingerprint density at radius 3 is 2.36 bits per heavy atom. The molecule has 1 aliphatic heterocycles. The molecule has 3 rings (SSSR count). The first-order valence-electron chi connectivity index (χ1n) is 7.49. The number of halogens is 2. The Labute approximate surface area is 141 Å². The molecular weight excluding hydrogens is 313 g/mol. The van der Waals surface area contributed by atoms with E-state index in [9.17, 15) is 0 Å². The van der Waals surface area contributed by atoms with Crippen LogP contribution in [0, 0.1) is 11.8 Å². The van der Waals surface area contributed by atoms with Crippen LogP contribution < -0.4 is 0 Å². The third kappa shape index (κ3) is 3.65. The lowest BCUT2D eigenvalue weighted by Gasteiger charge is -2.24. The molecule has 0 spiro atoms. The van der Waals surface area contributed by atoms with Crippen molar-refractivity contribution in [3.8, 4) is 11.8 Å². The molecule has 22 heavy (non-hydrogen) atoms. The maximum Gasteiger partial charge on any atom is 0.0989 e. The maximum atomic E-state index is 6.41. The molecular formula is C19H17Cl2N. The van der Waals surface area contributed by atoms with Gasteiger partial charge in [0.05, 0.1) is 6.04 Å². The zero-order valence-electron chi connectivity index (χ0n) is 12.2.